The molecule has 0 radical (unpaired) electrons. The average molecular weight is 510 g/mol. The monoisotopic (exact) mass is 509 g/mol. The minimum absolute atomic E-state index is 0.256. The Kier molecular flexibility index (Phi) is 6.73. The zero-order chi connectivity index (χ0) is 26.1. The first kappa shape index (κ1) is 24.6. The summed E-state index contributed by atoms with van der Waals surface area (Å²) in [5.74, 6) is -0.662. The Balaban J connectivity index is 1.58. The number of benzene rings is 2. The van der Waals surface area contributed by atoms with Crippen molar-refractivity contribution >= 4 is 23.8 Å². The maximum Gasteiger partial charge on any atom is 0.338 e. The minimum atomic E-state index is -1.07. The molecule has 10 heteroatoms. The normalized spacial score (nSPS) is 25.5. The molecule has 0 amide bonds. The molecule has 5 rings (SSSR count). The number of rotatable bonds is 4. The van der Waals surface area contributed by atoms with Crippen molar-refractivity contribution in [2.75, 3.05) is 20.3 Å². The van der Waals surface area contributed by atoms with Gasteiger partial charge < -0.3 is 28.4 Å². The van der Waals surface area contributed by atoms with E-state index >= 15 is 0 Å². The SMILES string of the molecule is COC1=NC2C(CC(OC(=O)c3ccccc3)C(OC(C)=O)C2OC(C)=O)c2cc3c(cc21)OCCO3. The Hall–Kier alpha value is -4.08. The second kappa shape index (κ2) is 10.1. The van der Waals surface area contributed by atoms with Crippen molar-refractivity contribution in [3.05, 3.63) is 59.2 Å². The Bertz CT molecular complexity index is 1240. The number of hydrogen-bond acceptors (Lipinski definition) is 10. The molecule has 3 aliphatic rings. The Morgan fingerprint density at radius 1 is 0.892 bits per heavy atom. The molecule has 5 atom stereocenters. The van der Waals surface area contributed by atoms with Gasteiger partial charge in [0.15, 0.2) is 23.7 Å². The number of fused-ring (bicyclic) bond motifs is 4. The zero-order valence-electron chi connectivity index (χ0n) is 20.7. The van der Waals surface area contributed by atoms with Gasteiger partial charge in [-0.1, -0.05) is 18.2 Å². The van der Waals surface area contributed by atoms with Gasteiger partial charge in [0, 0.05) is 25.3 Å². The standard InChI is InChI=1S/C27H27NO9/c1-14(29)35-24-22(37-27(31)16-7-5-4-6-8-16)12-18-17-11-20-21(34-10-9-33-20)13-19(17)26(32-3)28-23(18)25(24)36-15(2)30/h4-8,11,13,18,22-25H,9-10,12H2,1-3H3. The van der Waals surface area contributed by atoms with Crippen LogP contribution in [0, 0.1) is 0 Å². The molecule has 0 spiro atoms. The molecular formula is C27H27NO9. The molecule has 2 heterocycles. The molecule has 37 heavy (non-hydrogen) atoms. The third-order valence-electron chi connectivity index (χ3n) is 6.60. The van der Waals surface area contributed by atoms with Crippen LogP contribution in [-0.4, -0.2) is 68.5 Å². The lowest BCUT2D eigenvalue weighted by molar-refractivity contribution is -0.184. The van der Waals surface area contributed by atoms with Gasteiger partial charge in [-0.15, -0.1) is 0 Å². The van der Waals surface area contributed by atoms with Crippen LogP contribution in [0.25, 0.3) is 0 Å². The number of nitrogens with zero attached hydrogens (tertiary/aromatic N) is 1. The molecule has 2 aliphatic heterocycles. The van der Waals surface area contributed by atoms with E-state index in [0.717, 1.165) is 5.56 Å². The quantitative estimate of drug-likeness (QED) is 0.453. The van der Waals surface area contributed by atoms with Gasteiger partial charge in [0.1, 0.15) is 25.4 Å². The van der Waals surface area contributed by atoms with Gasteiger partial charge in [0.05, 0.1) is 12.7 Å². The van der Waals surface area contributed by atoms with Crippen LogP contribution >= 0.6 is 0 Å². The maximum absolute atomic E-state index is 13.0. The summed E-state index contributed by atoms with van der Waals surface area (Å²) < 4.78 is 34.3. The van der Waals surface area contributed by atoms with Gasteiger partial charge in [0.2, 0.25) is 5.90 Å². The lowest BCUT2D eigenvalue weighted by atomic mass is 9.72. The van der Waals surface area contributed by atoms with Crippen LogP contribution in [0.2, 0.25) is 0 Å². The molecule has 5 unspecified atom stereocenters. The van der Waals surface area contributed by atoms with Crippen LogP contribution in [0.15, 0.2) is 47.5 Å². The predicted molar refractivity (Wildman–Crippen MR) is 129 cm³/mol. The molecule has 10 nitrogen and oxygen atoms in total. The molecular weight excluding hydrogens is 482 g/mol. The molecule has 1 saturated carbocycles. The van der Waals surface area contributed by atoms with E-state index in [0.29, 0.717) is 41.7 Å². The largest absolute Gasteiger partial charge is 0.486 e. The zero-order valence-corrected chi connectivity index (χ0v) is 20.7. The van der Waals surface area contributed by atoms with E-state index in [1.54, 1.807) is 30.3 Å². The highest BCUT2D eigenvalue weighted by atomic mass is 16.6. The fourth-order valence-corrected chi connectivity index (χ4v) is 5.16. The predicted octanol–water partition coefficient (Wildman–Crippen LogP) is 2.81. The van der Waals surface area contributed by atoms with E-state index in [-0.39, 0.29) is 12.3 Å². The molecule has 2 aromatic rings. The van der Waals surface area contributed by atoms with Gasteiger partial charge in [-0.05, 0) is 36.2 Å². The van der Waals surface area contributed by atoms with Crippen molar-refractivity contribution in [2.45, 2.75) is 50.5 Å². The van der Waals surface area contributed by atoms with Gasteiger partial charge in [-0.25, -0.2) is 9.79 Å². The molecule has 0 N–H and O–H groups in total. The van der Waals surface area contributed by atoms with Crippen molar-refractivity contribution in [3.63, 3.8) is 0 Å². The van der Waals surface area contributed by atoms with Gasteiger partial charge in [0.25, 0.3) is 0 Å². The first-order valence-electron chi connectivity index (χ1n) is 12.0. The van der Waals surface area contributed by atoms with Crippen molar-refractivity contribution < 1.29 is 42.8 Å². The summed E-state index contributed by atoms with van der Waals surface area (Å²) in [6, 6.07) is 11.5. The van der Waals surface area contributed by atoms with Crippen LogP contribution in [-0.2, 0) is 28.5 Å². The lowest BCUT2D eigenvalue weighted by Crippen LogP contribution is -2.57. The van der Waals surface area contributed by atoms with Crippen molar-refractivity contribution in [1.82, 2.24) is 0 Å². The Morgan fingerprint density at radius 2 is 1.54 bits per heavy atom. The minimum Gasteiger partial charge on any atom is -0.486 e. The summed E-state index contributed by atoms with van der Waals surface area (Å²) in [6.45, 7) is 3.34. The van der Waals surface area contributed by atoms with E-state index in [2.05, 4.69) is 0 Å². The highest BCUT2D eigenvalue weighted by Crippen LogP contribution is 2.47. The van der Waals surface area contributed by atoms with E-state index in [1.165, 1.54) is 21.0 Å². The first-order chi connectivity index (χ1) is 17.9. The second-order valence-corrected chi connectivity index (χ2v) is 9.01. The molecule has 0 saturated heterocycles. The second-order valence-electron chi connectivity index (χ2n) is 9.01. The number of esters is 3. The van der Waals surface area contributed by atoms with E-state index in [4.69, 9.17) is 33.4 Å². The van der Waals surface area contributed by atoms with Crippen LogP contribution in [0.3, 0.4) is 0 Å². The summed E-state index contributed by atoms with van der Waals surface area (Å²) in [5.41, 5.74) is 1.87. The Labute approximate surface area is 213 Å². The van der Waals surface area contributed by atoms with Crippen molar-refractivity contribution in [3.8, 4) is 11.5 Å². The van der Waals surface area contributed by atoms with Crippen LogP contribution in [0.1, 0.15) is 47.7 Å². The average Bonchev–Trinajstić information content (AvgIpc) is 2.89. The molecule has 1 fully saturated rings. The smallest absolute Gasteiger partial charge is 0.338 e. The summed E-state index contributed by atoms with van der Waals surface area (Å²) in [7, 11) is 1.50. The van der Waals surface area contributed by atoms with Crippen molar-refractivity contribution in [1.29, 1.82) is 0 Å². The highest BCUT2D eigenvalue weighted by molar-refractivity contribution is 5.98. The fraction of sp³-hybridized carbons (Fsp3) is 0.407. The van der Waals surface area contributed by atoms with E-state index in [9.17, 15) is 14.4 Å². The van der Waals surface area contributed by atoms with Gasteiger partial charge in [-0.3, -0.25) is 9.59 Å². The van der Waals surface area contributed by atoms with E-state index < -0.39 is 42.3 Å². The molecule has 0 aromatic heterocycles. The molecule has 0 bridgehead atoms. The summed E-state index contributed by atoms with van der Waals surface area (Å²) in [4.78, 5) is 42.0. The van der Waals surface area contributed by atoms with Crippen LogP contribution < -0.4 is 9.47 Å². The summed E-state index contributed by atoms with van der Waals surface area (Å²) >= 11 is 0. The van der Waals surface area contributed by atoms with E-state index in [1.807, 2.05) is 12.1 Å². The number of ether oxygens (including phenoxy) is 6. The Morgan fingerprint density at radius 3 is 2.19 bits per heavy atom. The molecule has 1 aliphatic carbocycles. The number of carbonyl (C=O) groups excluding carboxylic acids is 3. The lowest BCUT2D eigenvalue weighted by Gasteiger charge is -2.45. The third-order valence-corrected chi connectivity index (χ3v) is 6.60. The molecule has 194 valence electrons. The number of carbonyl (C=O) groups is 3. The first-order valence-corrected chi connectivity index (χ1v) is 12.0. The number of hydrogen-bond donors (Lipinski definition) is 0. The van der Waals surface area contributed by atoms with Crippen LogP contribution in [0.4, 0.5) is 0 Å². The maximum atomic E-state index is 13.0. The van der Waals surface area contributed by atoms with Gasteiger partial charge >= 0.3 is 17.9 Å². The van der Waals surface area contributed by atoms with Crippen molar-refractivity contribution in [2.24, 2.45) is 4.99 Å². The topological polar surface area (TPSA) is 119 Å². The summed E-state index contributed by atoms with van der Waals surface area (Å²) in [6.07, 6.45) is -2.76. The fourth-order valence-electron chi connectivity index (χ4n) is 5.16. The van der Waals surface area contributed by atoms with Crippen LogP contribution in [0.5, 0.6) is 11.5 Å². The highest BCUT2D eigenvalue weighted by Gasteiger charge is 2.53. The van der Waals surface area contributed by atoms with Gasteiger partial charge in [-0.2, -0.15) is 0 Å². The summed E-state index contributed by atoms with van der Waals surface area (Å²) in [5, 5.41) is 0. The molecule has 2 aromatic carbocycles. The number of aliphatic imine (C=N–C) groups is 1. The third kappa shape index (κ3) is 4.83. The number of methoxy groups -OCH3 is 1.